The molecule has 0 amide bonds. The van der Waals surface area contributed by atoms with E-state index in [-0.39, 0.29) is 5.92 Å². The summed E-state index contributed by atoms with van der Waals surface area (Å²) in [6.07, 6.45) is -15.6. The molecule has 0 aromatic carbocycles. The fourth-order valence-corrected chi connectivity index (χ4v) is 4.78. The molecule has 0 aromatic heterocycles. The lowest BCUT2D eigenvalue weighted by atomic mass is 9.80. The van der Waals surface area contributed by atoms with Crippen molar-refractivity contribution in [2.45, 2.75) is 112 Å². The van der Waals surface area contributed by atoms with Gasteiger partial charge in [0.15, 0.2) is 12.6 Å². The molecule has 13 N–H and O–H groups in total. The number of aliphatic hydroxyl groups excluding tert-OH is 7. The van der Waals surface area contributed by atoms with Crippen molar-refractivity contribution in [3.05, 3.63) is 0 Å². The minimum absolute atomic E-state index is 0.320. The predicted octanol–water partition coefficient (Wildman–Crippen LogP) is -5.59. The van der Waals surface area contributed by atoms with Gasteiger partial charge in [-0.25, -0.2) is 0 Å². The second-order valence-corrected chi connectivity index (χ2v) is 9.66. The van der Waals surface area contributed by atoms with Crippen LogP contribution in [-0.4, -0.2) is 134 Å². The highest BCUT2D eigenvalue weighted by atomic mass is 16.7. The summed E-state index contributed by atoms with van der Waals surface area (Å²) in [5.74, 6) is -0.329. The second kappa shape index (κ2) is 11.2. The summed E-state index contributed by atoms with van der Waals surface area (Å²) in [4.78, 5) is 0. The van der Waals surface area contributed by atoms with Crippen LogP contribution in [0.2, 0.25) is 0 Å². The van der Waals surface area contributed by atoms with Gasteiger partial charge in [-0.1, -0.05) is 6.92 Å². The highest BCUT2D eigenvalue weighted by Crippen LogP contribution is 2.35. The molecule has 3 aliphatic rings. The van der Waals surface area contributed by atoms with E-state index in [4.69, 9.17) is 36.1 Å². The molecule has 0 aromatic rings. The molecule has 3 rings (SSSR count). The van der Waals surface area contributed by atoms with Gasteiger partial charge in [0.2, 0.25) is 0 Å². The quantitative estimate of drug-likeness (QED) is 0.157. The zero-order valence-electron chi connectivity index (χ0n) is 19.1. The highest BCUT2D eigenvalue weighted by molar-refractivity contribution is 5.00. The van der Waals surface area contributed by atoms with Crippen LogP contribution in [0.3, 0.4) is 0 Å². The Bertz CT molecular complexity index is 663. The van der Waals surface area contributed by atoms with Crippen molar-refractivity contribution in [1.29, 1.82) is 0 Å². The number of aliphatic hydroxyl groups is 7. The van der Waals surface area contributed by atoms with Crippen LogP contribution >= 0.6 is 0 Å². The Morgan fingerprint density at radius 1 is 0.853 bits per heavy atom. The Kier molecular flexibility index (Phi) is 9.25. The van der Waals surface area contributed by atoms with Gasteiger partial charge in [0.25, 0.3) is 0 Å². The number of rotatable bonds is 7. The van der Waals surface area contributed by atoms with E-state index in [0.29, 0.717) is 6.42 Å². The van der Waals surface area contributed by atoms with Gasteiger partial charge in [-0.2, -0.15) is 0 Å². The summed E-state index contributed by atoms with van der Waals surface area (Å²) in [6, 6.07) is -2.59. The molecule has 200 valence electrons. The number of nitrogens with two attached hydrogens (primary N) is 3. The second-order valence-electron chi connectivity index (χ2n) is 9.66. The van der Waals surface area contributed by atoms with Crippen molar-refractivity contribution >= 4 is 0 Å². The van der Waals surface area contributed by atoms with Crippen LogP contribution in [0.25, 0.3) is 0 Å². The van der Waals surface area contributed by atoms with Crippen molar-refractivity contribution in [2.24, 2.45) is 23.1 Å². The molecule has 3 fully saturated rings. The number of hydrogen-bond acceptors (Lipinski definition) is 14. The molecule has 2 saturated heterocycles. The first-order valence-electron chi connectivity index (χ1n) is 11.5. The third kappa shape index (κ3) is 5.40. The lowest BCUT2D eigenvalue weighted by Gasteiger charge is -2.48. The van der Waals surface area contributed by atoms with Gasteiger partial charge in [-0.05, 0) is 19.3 Å². The summed E-state index contributed by atoms with van der Waals surface area (Å²) >= 11 is 0. The minimum atomic E-state index is -1.59. The fraction of sp³-hybridized carbons (Fsp3) is 1.00. The molecule has 0 spiro atoms. The highest BCUT2D eigenvalue weighted by Gasteiger charge is 2.53. The zero-order valence-corrected chi connectivity index (χ0v) is 19.1. The van der Waals surface area contributed by atoms with Gasteiger partial charge in [0.1, 0.15) is 54.9 Å². The van der Waals surface area contributed by atoms with E-state index in [0.717, 1.165) is 0 Å². The van der Waals surface area contributed by atoms with E-state index in [9.17, 15) is 35.7 Å². The van der Waals surface area contributed by atoms with E-state index in [2.05, 4.69) is 0 Å². The Morgan fingerprint density at radius 2 is 1.41 bits per heavy atom. The van der Waals surface area contributed by atoms with Crippen LogP contribution < -0.4 is 17.2 Å². The Labute approximate surface area is 197 Å². The fourth-order valence-electron chi connectivity index (χ4n) is 4.78. The molecule has 16 atom stereocenters. The van der Waals surface area contributed by atoms with Crippen LogP contribution in [0, 0.1) is 5.92 Å². The van der Waals surface area contributed by atoms with Crippen molar-refractivity contribution < 1.29 is 54.7 Å². The number of ether oxygens (including phenoxy) is 4. The first-order chi connectivity index (χ1) is 15.9. The standard InChI is InChI=1S/C20H39N3O11/c1-5-3-7(22)16(32-19-9(23)11(27)12(28)17(33-19)8(25)4-24)18(10(5)26)34-20-14(30)13(29)15(31-20)6(2)21/h5-20,24-30H,3-4,21-23H2,1-2H3/t5-,6+,7?,8-,9?,10?,11-,12+,13-,14?,15-,16-,17?,18-,19+,20+/m1/s1. The summed E-state index contributed by atoms with van der Waals surface area (Å²) in [5, 5.41) is 71.2. The zero-order chi connectivity index (χ0) is 25.5. The molecule has 1 saturated carbocycles. The van der Waals surface area contributed by atoms with Crippen molar-refractivity contribution in [1.82, 2.24) is 0 Å². The summed E-state index contributed by atoms with van der Waals surface area (Å²) in [6.45, 7) is 2.60. The summed E-state index contributed by atoms with van der Waals surface area (Å²) in [7, 11) is 0. The average Bonchev–Trinajstić information content (AvgIpc) is 3.07. The van der Waals surface area contributed by atoms with Crippen LogP contribution in [-0.2, 0) is 18.9 Å². The first kappa shape index (κ1) is 28.0. The van der Waals surface area contributed by atoms with Gasteiger partial charge in [0.05, 0.1) is 18.8 Å². The number of hydrogen-bond donors (Lipinski definition) is 10. The summed E-state index contributed by atoms with van der Waals surface area (Å²) < 4.78 is 22.9. The van der Waals surface area contributed by atoms with Crippen LogP contribution in [0.15, 0.2) is 0 Å². The van der Waals surface area contributed by atoms with E-state index in [1.807, 2.05) is 0 Å². The molecule has 5 unspecified atom stereocenters. The van der Waals surface area contributed by atoms with E-state index >= 15 is 0 Å². The molecule has 2 heterocycles. The van der Waals surface area contributed by atoms with Gasteiger partial charge in [0, 0.05) is 12.1 Å². The SMILES string of the molecule is C[C@@H]1CC(N)[C@@H](O[C@H]2OC([C@H](O)CO)[C@@H](O)[C@H](O)C2N)[C@H](O[C@@H]2O[C@H]([C@H](C)N)[C@H](O)C2O)C1O. The normalized spacial score (nSPS) is 51.9. The lowest BCUT2D eigenvalue weighted by Crippen LogP contribution is -2.67. The van der Waals surface area contributed by atoms with E-state index < -0.39 is 98.4 Å². The molecule has 14 nitrogen and oxygen atoms in total. The maximum atomic E-state index is 10.9. The smallest absolute Gasteiger partial charge is 0.187 e. The molecular weight excluding hydrogens is 458 g/mol. The summed E-state index contributed by atoms with van der Waals surface area (Å²) in [5.41, 5.74) is 18.1. The van der Waals surface area contributed by atoms with Crippen molar-refractivity contribution in [3.63, 3.8) is 0 Å². The predicted molar refractivity (Wildman–Crippen MR) is 114 cm³/mol. The molecule has 1 aliphatic carbocycles. The maximum absolute atomic E-state index is 10.9. The lowest BCUT2D eigenvalue weighted by molar-refractivity contribution is -0.319. The minimum Gasteiger partial charge on any atom is -0.394 e. The molecule has 0 radical (unpaired) electrons. The van der Waals surface area contributed by atoms with Crippen molar-refractivity contribution in [2.75, 3.05) is 6.61 Å². The first-order valence-corrected chi connectivity index (χ1v) is 11.5. The molecule has 34 heavy (non-hydrogen) atoms. The van der Waals surface area contributed by atoms with Gasteiger partial charge < -0.3 is 71.9 Å². The van der Waals surface area contributed by atoms with Crippen LogP contribution in [0.1, 0.15) is 20.3 Å². The van der Waals surface area contributed by atoms with Gasteiger partial charge >= 0.3 is 0 Å². The third-order valence-electron chi connectivity index (χ3n) is 6.92. The van der Waals surface area contributed by atoms with Crippen LogP contribution in [0.5, 0.6) is 0 Å². The third-order valence-corrected chi connectivity index (χ3v) is 6.92. The topological polar surface area (TPSA) is 257 Å². The van der Waals surface area contributed by atoms with Gasteiger partial charge in [-0.3, -0.25) is 0 Å². The largest absolute Gasteiger partial charge is 0.394 e. The van der Waals surface area contributed by atoms with Crippen molar-refractivity contribution in [3.8, 4) is 0 Å². The van der Waals surface area contributed by atoms with Crippen LogP contribution in [0.4, 0.5) is 0 Å². The Morgan fingerprint density at radius 3 is 1.97 bits per heavy atom. The molecule has 14 heteroatoms. The van der Waals surface area contributed by atoms with E-state index in [1.54, 1.807) is 13.8 Å². The Hall–Kier alpha value is -0.560. The molecule has 0 bridgehead atoms. The monoisotopic (exact) mass is 497 g/mol. The average molecular weight is 498 g/mol. The Balaban J connectivity index is 1.80. The van der Waals surface area contributed by atoms with Gasteiger partial charge in [-0.15, -0.1) is 0 Å². The molecular formula is C20H39N3O11. The van der Waals surface area contributed by atoms with E-state index in [1.165, 1.54) is 0 Å². The maximum Gasteiger partial charge on any atom is 0.187 e. The molecule has 2 aliphatic heterocycles.